The van der Waals surface area contributed by atoms with Gasteiger partial charge in [0, 0.05) is 11.9 Å². The Morgan fingerprint density at radius 2 is 2.43 bits per heavy atom. The second kappa shape index (κ2) is 6.89. The molecule has 3 atom stereocenters. The average Bonchev–Trinajstić information content (AvgIpc) is 2.92. The smallest absolute Gasteiger partial charge is 0.351 e. The van der Waals surface area contributed by atoms with Crippen molar-refractivity contribution in [1.82, 2.24) is 9.55 Å². The summed E-state index contributed by atoms with van der Waals surface area (Å²) in [4.78, 5) is 26.6. The summed E-state index contributed by atoms with van der Waals surface area (Å²) in [5.74, 6) is -0.284. The number of carbonyl (C=O) groups is 1. The molecule has 1 saturated heterocycles. The van der Waals surface area contributed by atoms with Crippen molar-refractivity contribution < 1.29 is 19.0 Å². The van der Waals surface area contributed by atoms with Crippen LogP contribution in [0.3, 0.4) is 0 Å². The summed E-state index contributed by atoms with van der Waals surface area (Å²) in [5.41, 5.74) is 10.3. The van der Waals surface area contributed by atoms with Crippen LogP contribution in [0, 0.1) is 0 Å². The third-order valence-electron chi connectivity index (χ3n) is 2.76. The van der Waals surface area contributed by atoms with Gasteiger partial charge in [-0.15, -0.1) is 0 Å². The number of rotatable bonds is 5. The molecule has 1 aliphatic heterocycles. The monoisotopic (exact) mass is 316 g/mol. The molecule has 1 aliphatic rings. The predicted molar refractivity (Wildman–Crippen MR) is 75.6 cm³/mol. The fourth-order valence-electron chi connectivity index (χ4n) is 1.65. The van der Waals surface area contributed by atoms with E-state index in [4.69, 9.17) is 25.7 Å². The highest BCUT2D eigenvalue weighted by atomic mass is 32.1. The van der Waals surface area contributed by atoms with Gasteiger partial charge in [0.25, 0.3) is 0 Å². The first-order valence-corrected chi connectivity index (χ1v) is 6.79. The number of carbonyl (C=O) groups excluding carboxylic acids is 1. The van der Waals surface area contributed by atoms with Gasteiger partial charge >= 0.3 is 11.7 Å². The molecule has 1 aromatic rings. The Kier molecular flexibility index (Phi) is 5.17. The fraction of sp³-hybridized carbons (Fsp3) is 0.545. The summed E-state index contributed by atoms with van der Waals surface area (Å²) in [5, 5.41) is 0. The summed E-state index contributed by atoms with van der Waals surface area (Å²) in [7, 11) is 0. The minimum absolute atomic E-state index is 0.117. The minimum Gasteiger partial charge on any atom is -0.459 e. The van der Waals surface area contributed by atoms with E-state index in [1.165, 1.54) is 16.8 Å². The third-order valence-corrected chi connectivity index (χ3v) is 3.15. The highest BCUT2D eigenvalue weighted by Gasteiger charge is 2.29. The number of aromatic nitrogens is 2. The molecule has 10 heteroatoms. The van der Waals surface area contributed by atoms with Gasteiger partial charge in [-0.2, -0.15) is 17.6 Å². The zero-order valence-corrected chi connectivity index (χ0v) is 11.9. The first-order chi connectivity index (χ1) is 10.0. The van der Waals surface area contributed by atoms with Crippen molar-refractivity contribution in [2.75, 3.05) is 24.7 Å². The molecule has 0 bridgehead atoms. The molecule has 9 nitrogen and oxygen atoms in total. The Labute approximate surface area is 125 Å². The Hall–Kier alpha value is -1.62. The summed E-state index contributed by atoms with van der Waals surface area (Å²) in [6.45, 7) is 0.0142. The summed E-state index contributed by atoms with van der Waals surface area (Å²) < 4.78 is 16.9. The van der Waals surface area contributed by atoms with Crippen LogP contribution < -0.4 is 17.2 Å². The van der Waals surface area contributed by atoms with Crippen molar-refractivity contribution in [2.45, 2.75) is 18.6 Å². The lowest BCUT2D eigenvalue weighted by atomic mass is 10.4. The maximum atomic E-state index is 11.7. The van der Waals surface area contributed by atoms with E-state index in [-0.39, 0.29) is 24.8 Å². The number of hydrogen-bond acceptors (Lipinski definition) is 9. The van der Waals surface area contributed by atoms with Gasteiger partial charge in [-0.1, -0.05) is 0 Å². The van der Waals surface area contributed by atoms with Gasteiger partial charge in [0.1, 0.15) is 18.5 Å². The Balaban J connectivity index is 1.89. The molecule has 0 saturated carbocycles. The number of nitrogens with zero attached hydrogens (tertiary/aromatic N) is 2. The first-order valence-electron chi connectivity index (χ1n) is 6.16. The topological polar surface area (TPSA) is 132 Å². The molecule has 1 aromatic heterocycles. The second-order valence-electron chi connectivity index (χ2n) is 4.31. The predicted octanol–water partition coefficient (Wildman–Crippen LogP) is -1.50. The van der Waals surface area contributed by atoms with Gasteiger partial charge in [0.05, 0.1) is 6.61 Å². The molecule has 1 unspecified atom stereocenters. The number of thiol groups is 1. The van der Waals surface area contributed by atoms with Crippen LogP contribution in [0.2, 0.25) is 0 Å². The van der Waals surface area contributed by atoms with Gasteiger partial charge in [0.2, 0.25) is 0 Å². The highest BCUT2D eigenvalue weighted by Crippen LogP contribution is 2.19. The molecule has 21 heavy (non-hydrogen) atoms. The molecule has 0 aliphatic carbocycles. The third kappa shape index (κ3) is 3.94. The molecule has 4 N–H and O–H groups in total. The van der Waals surface area contributed by atoms with E-state index in [9.17, 15) is 9.59 Å². The van der Waals surface area contributed by atoms with Crippen LogP contribution in [0.4, 0.5) is 5.82 Å². The molecule has 0 aromatic carbocycles. The van der Waals surface area contributed by atoms with Gasteiger partial charge in [0.15, 0.2) is 12.5 Å². The van der Waals surface area contributed by atoms with E-state index in [0.717, 1.165) is 0 Å². The highest BCUT2D eigenvalue weighted by molar-refractivity contribution is 7.80. The standard InChI is InChI=1S/C11H16N4O5S/c12-6(5-21)10(16)19-4-9-18-3-8(20-9)15-2-1-7(13)14-11(15)17/h1-2,6,8-9,21H,3-5,12H2,(H2,13,14,17)/t6?,8-,9-/m0/s1. The number of ether oxygens (including phenoxy) is 3. The number of esters is 1. The lowest BCUT2D eigenvalue weighted by Crippen LogP contribution is -2.35. The van der Waals surface area contributed by atoms with E-state index >= 15 is 0 Å². The maximum Gasteiger partial charge on any atom is 0.351 e. The zero-order chi connectivity index (χ0) is 15.4. The number of nitrogens with two attached hydrogens (primary N) is 2. The first kappa shape index (κ1) is 15.8. The van der Waals surface area contributed by atoms with Crippen LogP contribution >= 0.6 is 12.6 Å². The Morgan fingerprint density at radius 1 is 1.67 bits per heavy atom. The number of nitrogen functional groups attached to an aromatic ring is 1. The molecule has 2 heterocycles. The van der Waals surface area contributed by atoms with Crippen molar-refractivity contribution in [1.29, 1.82) is 0 Å². The van der Waals surface area contributed by atoms with Crippen LogP contribution in [0.25, 0.3) is 0 Å². The van der Waals surface area contributed by atoms with Gasteiger partial charge in [-0.3, -0.25) is 9.36 Å². The number of anilines is 1. The average molecular weight is 316 g/mol. The van der Waals surface area contributed by atoms with E-state index in [0.29, 0.717) is 0 Å². The second-order valence-corrected chi connectivity index (χ2v) is 4.68. The van der Waals surface area contributed by atoms with Gasteiger partial charge in [-0.25, -0.2) is 4.79 Å². The molecule has 0 amide bonds. The quantitative estimate of drug-likeness (QED) is 0.441. The lowest BCUT2D eigenvalue weighted by Gasteiger charge is -2.14. The maximum absolute atomic E-state index is 11.7. The summed E-state index contributed by atoms with van der Waals surface area (Å²) in [6.07, 6.45) is 0.0487. The van der Waals surface area contributed by atoms with Crippen molar-refractivity contribution in [3.05, 3.63) is 22.7 Å². The summed E-state index contributed by atoms with van der Waals surface area (Å²) >= 11 is 3.90. The van der Waals surface area contributed by atoms with Crippen LogP contribution in [-0.2, 0) is 19.0 Å². The Morgan fingerprint density at radius 3 is 3.10 bits per heavy atom. The fourth-order valence-corrected chi connectivity index (χ4v) is 1.80. The van der Waals surface area contributed by atoms with Crippen molar-refractivity contribution >= 4 is 24.4 Å². The SMILES string of the molecule is Nc1ccn([C@@H]2CO[C@H](COC(=O)C(N)CS)O2)c(=O)n1. The molecular formula is C11H16N4O5S. The van der Waals surface area contributed by atoms with E-state index in [2.05, 4.69) is 17.6 Å². The van der Waals surface area contributed by atoms with Crippen LogP contribution in [0.1, 0.15) is 6.23 Å². The summed E-state index contributed by atoms with van der Waals surface area (Å²) in [6, 6.07) is 0.679. The number of hydrogen-bond donors (Lipinski definition) is 3. The van der Waals surface area contributed by atoms with Crippen LogP contribution in [-0.4, -0.2) is 46.8 Å². The van der Waals surface area contributed by atoms with E-state index in [1.54, 1.807) is 0 Å². The van der Waals surface area contributed by atoms with Crippen LogP contribution in [0.15, 0.2) is 17.1 Å². The lowest BCUT2D eigenvalue weighted by molar-refractivity contribution is -0.160. The molecular weight excluding hydrogens is 300 g/mol. The van der Waals surface area contributed by atoms with Crippen molar-refractivity contribution in [3.8, 4) is 0 Å². The normalized spacial score (nSPS) is 23.0. The molecule has 116 valence electrons. The zero-order valence-electron chi connectivity index (χ0n) is 11.0. The van der Waals surface area contributed by atoms with Crippen molar-refractivity contribution in [3.63, 3.8) is 0 Å². The molecule has 2 rings (SSSR count). The minimum atomic E-state index is -0.797. The van der Waals surface area contributed by atoms with Gasteiger partial charge in [-0.05, 0) is 6.07 Å². The molecule has 0 radical (unpaired) electrons. The van der Waals surface area contributed by atoms with E-state index < -0.39 is 30.2 Å². The van der Waals surface area contributed by atoms with Crippen molar-refractivity contribution in [2.24, 2.45) is 5.73 Å². The Bertz CT molecular complexity index is 566. The van der Waals surface area contributed by atoms with Crippen LogP contribution in [0.5, 0.6) is 0 Å². The van der Waals surface area contributed by atoms with Gasteiger partial charge < -0.3 is 25.7 Å². The molecule has 1 fully saturated rings. The molecule has 0 spiro atoms. The largest absolute Gasteiger partial charge is 0.459 e. The van der Waals surface area contributed by atoms with E-state index in [1.807, 2.05) is 0 Å².